The minimum absolute atomic E-state index is 0.380. The van der Waals surface area contributed by atoms with Gasteiger partial charge in [-0.2, -0.15) is 0 Å². The van der Waals surface area contributed by atoms with E-state index in [1.807, 2.05) is 0 Å². The summed E-state index contributed by atoms with van der Waals surface area (Å²) < 4.78 is 5.80. The molecule has 1 aliphatic heterocycles. The zero-order chi connectivity index (χ0) is 13.5. The molecule has 4 heteroatoms. The molecular formula is C15H31N3O. The number of nitrogens with zero attached hydrogens (tertiary/aromatic N) is 2. The summed E-state index contributed by atoms with van der Waals surface area (Å²) in [6.07, 6.45) is 6.02. The number of hydrogen-bond acceptors (Lipinski definition) is 4. The van der Waals surface area contributed by atoms with Crippen LogP contribution >= 0.6 is 0 Å². The molecule has 1 saturated carbocycles. The first kappa shape index (κ1) is 15.2. The molecule has 1 atom stereocenters. The molecule has 112 valence electrons. The van der Waals surface area contributed by atoms with E-state index in [1.54, 1.807) is 0 Å². The first-order valence-corrected chi connectivity index (χ1v) is 8.04. The highest BCUT2D eigenvalue weighted by atomic mass is 16.5. The summed E-state index contributed by atoms with van der Waals surface area (Å²) >= 11 is 0. The van der Waals surface area contributed by atoms with E-state index in [0.717, 1.165) is 51.9 Å². The molecular weight excluding hydrogens is 238 g/mol. The molecule has 0 bridgehead atoms. The van der Waals surface area contributed by atoms with E-state index in [0.29, 0.717) is 6.10 Å². The second-order valence-electron chi connectivity index (χ2n) is 6.01. The Hall–Kier alpha value is -0.160. The summed E-state index contributed by atoms with van der Waals surface area (Å²) in [4.78, 5) is 5.00. The summed E-state index contributed by atoms with van der Waals surface area (Å²) in [5, 5.41) is 3.56. The summed E-state index contributed by atoms with van der Waals surface area (Å²) in [6.45, 7) is 9.68. The fourth-order valence-corrected chi connectivity index (χ4v) is 3.24. The zero-order valence-corrected chi connectivity index (χ0v) is 12.7. The summed E-state index contributed by atoms with van der Waals surface area (Å²) in [6, 6.07) is 0.836. The molecule has 1 saturated heterocycles. The van der Waals surface area contributed by atoms with Gasteiger partial charge in [-0.1, -0.05) is 19.8 Å². The minimum Gasteiger partial charge on any atom is -0.374 e. The van der Waals surface area contributed by atoms with Crippen molar-refractivity contribution in [3.63, 3.8) is 0 Å². The molecule has 0 radical (unpaired) electrons. The highest BCUT2D eigenvalue weighted by molar-refractivity contribution is 4.76. The SMILES string of the molecule is CCN1CCOC(CNCCN(C)C2CCCC2)C1. The van der Waals surface area contributed by atoms with Gasteiger partial charge in [0, 0.05) is 38.8 Å². The lowest BCUT2D eigenvalue weighted by Gasteiger charge is -2.32. The summed E-state index contributed by atoms with van der Waals surface area (Å²) in [5.74, 6) is 0. The molecule has 0 aromatic carbocycles. The Kier molecular flexibility index (Phi) is 6.57. The average Bonchev–Trinajstić information content (AvgIpc) is 2.98. The molecule has 1 heterocycles. The smallest absolute Gasteiger partial charge is 0.0826 e. The topological polar surface area (TPSA) is 27.7 Å². The summed E-state index contributed by atoms with van der Waals surface area (Å²) in [7, 11) is 2.27. The van der Waals surface area contributed by atoms with Crippen molar-refractivity contribution in [2.75, 3.05) is 52.9 Å². The van der Waals surface area contributed by atoms with Crippen molar-refractivity contribution < 1.29 is 4.74 Å². The lowest BCUT2D eigenvalue weighted by Crippen LogP contribution is -2.47. The van der Waals surface area contributed by atoms with Crippen LogP contribution in [0.3, 0.4) is 0 Å². The third-order valence-corrected chi connectivity index (χ3v) is 4.63. The largest absolute Gasteiger partial charge is 0.374 e. The van der Waals surface area contributed by atoms with Gasteiger partial charge in [-0.3, -0.25) is 4.90 Å². The van der Waals surface area contributed by atoms with Crippen LogP contribution in [0.1, 0.15) is 32.6 Å². The molecule has 1 aliphatic carbocycles. The highest BCUT2D eigenvalue weighted by Gasteiger charge is 2.20. The van der Waals surface area contributed by atoms with Crippen LogP contribution in [0, 0.1) is 0 Å². The maximum atomic E-state index is 5.80. The normalized spacial score (nSPS) is 26.4. The minimum atomic E-state index is 0.380. The third kappa shape index (κ3) is 5.03. The van der Waals surface area contributed by atoms with Crippen molar-refractivity contribution in [2.24, 2.45) is 0 Å². The predicted molar refractivity (Wildman–Crippen MR) is 79.6 cm³/mol. The van der Waals surface area contributed by atoms with Crippen LogP contribution < -0.4 is 5.32 Å². The van der Waals surface area contributed by atoms with E-state index >= 15 is 0 Å². The van der Waals surface area contributed by atoms with Crippen LogP contribution in [-0.4, -0.2) is 74.9 Å². The maximum absolute atomic E-state index is 5.80. The van der Waals surface area contributed by atoms with Gasteiger partial charge in [0.25, 0.3) is 0 Å². The number of likely N-dealkylation sites (N-methyl/N-ethyl adjacent to an activating group) is 2. The standard InChI is InChI=1S/C15H31N3O/c1-3-18-10-11-19-15(13-18)12-16-8-9-17(2)14-6-4-5-7-14/h14-16H,3-13H2,1-2H3. The Morgan fingerprint density at radius 2 is 2.11 bits per heavy atom. The quantitative estimate of drug-likeness (QED) is 0.702. The Labute approximate surface area is 118 Å². The van der Waals surface area contributed by atoms with Crippen molar-refractivity contribution >= 4 is 0 Å². The lowest BCUT2D eigenvalue weighted by atomic mass is 10.2. The van der Waals surface area contributed by atoms with E-state index in [2.05, 4.69) is 29.1 Å². The van der Waals surface area contributed by atoms with E-state index in [9.17, 15) is 0 Å². The third-order valence-electron chi connectivity index (χ3n) is 4.63. The van der Waals surface area contributed by atoms with Gasteiger partial charge in [-0.05, 0) is 26.4 Å². The van der Waals surface area contributed by atoms with Gasteiger partial charge in [-0.15, -0.1) is 0 Å². The van der Waals surface area contributed by atoms with Gasteiger partial charge in [0.1, 0.15) is 0 Å². The molecule has 19 heavy (non-hydrogen) atoms. The Balaban J connectivity index is 1.53. The fraction of sp³-hybridized carbons (Fsp3) is 1.00. The van der Waals surface area contributed by atoms with Crippen molar-refractivity contribution in [1.82, 2.24) is 15.1 Å². The lowest BCUT2D eigenvalue weighted by molar-refractivity contribution is -0.0253. The van der Waals surface area contributed by atoms with Gasteiger partial charge in [-0.25, -0.2) is 0 Å². The van der Waals surface area contributed by atoms with Crippen molar-refractivity contribution in [3.05, 3.63) is 0 Å². The molecule has 0 amide bonds. The molecule has 2 aliphatic rings. The monoisotopic (exact) mass is 269 g/mol. The Morgan fingerprint density at radius 1 is 1.32 bits per heavy atom. The Morgan fingerprint density at radius 3 is 2.84 bits per heavy atom. The second kappa shape index (κ2) is 8.20. The number of hydrogen-bond donors (Lipinski definition) is 1. The van der Waals surface area contributed by atoms with E-state index < -0.39 is 0 Å². The van der Waals surface area contributed by atoms with Crippen molar-refractivity contribution in [1.29, 1.82) is 0 Å². The highest BCUT2D eigenvalue weighted by Crippen LogP contribution is 2.21. The van der Waals surface area contributed by atoms with Crippen LogP contribution in [0.15, 0.2) is 0 Å². The second-order valence-corrected chi connectivity index (χ2v) is 6.01. The van der Waals surface area contributed by atoms with Crippen LogP contribution in [0.25, 0.3) is 0 Å². The van der Waals surface area contributed by atoms with Gasteiger partial charge in [0.05, 0.1) is 12.7 Å². The molecule has 2 fully saturated rings. The number of ether oxygens (including phenoxy) is 1. The molecule has 0 aromatic heterocycles. The van der Waals surface area contributed by atoms with Crippen LogP contribution in [0.2, 0.25) is 0 Å². The fourth-order valence-electron chi connectivity index (χ4n) is 3.24. The molecule has 1 N–H and O–H groups in total. The van der Waals surface area contributed by atoms with Crippen LogP contribution in [-0.2, 0) is 4.74 Å². The molecule has 2 rings (SSSR count). The molecule has 0 aromatic rings. The number of rotatable bonds is 7. The van der Waals surface area contributed by atoms with Gasteiger partial charge in [0.2, 0.25) is 0 Å². The first-order chi connectivity index (χ1) is 9.29. The van der Waals surface area contributed by atoms with E-state index in [1.165, 1.54) is 25.7 Å². The van der Waals surface area contributed by atoms with Crippen LogP contribution in [0.5, 0.6) is 0 Å². The zero-order valence-electron chi connectivity index (χ0n) is 12.7. The number of nitrogens with one attached hydrogen (secondary N) is 1. The molecule has 0 spiro atoms. The Bertz CT molecular complexity index is 244. The number of morpholine rings is 1. The van der Waals surface area contributed by atoms with Gasteiger partial charge >= 0.3 is 0 Å². The van der Waals surface area contributed by atoms with Crippen molar-refractivity contribution in [3.8, 4) is 0 Å². The van der Waals surface area contributed by atoms with Crippen LogP contribution in [0.4, 0.5) is 0 Å². The summed E-state index contributed by atoms with van der Waals surface area (Å²) in [5.41, 5.74) is 0. The molecule has 1 unspecified atom stereocenters. The van der Waals surface area contributed by atoms with E-state index in [4.69, 9.17) is 4.74 Å². The predicted octanol–water partition coefficient (Wildman–Crippen LogP) is 1.17. The molecule has 4 nitrogen and oxygen atoms in total. The van der Waals surface area contributed by atoms with Crippen molar-refractivity contribution in [2.45, 2.75) is 44.8 Å². The first-order valence-electron chi connectivity index (χ1n) is 8.04. The van der Waals surface area contributed by atoms with Gasteiger partial charge in [0.15, 0.2) is 0 Å². The maximum Gasteiger partial charge on any atom is 0.0826 e. The van der Waals surface area contributed by atoms with E-state index in [-0.39, 0.29) is 0 Å². The van der Waals surface area contributed by atoms with Gasteiger partial charge < -0.3 is 15.0 Å². The average molecular weight is 269 g/mol.